The molecule has 2 atom stereocenters. The Morgan fingerprint density at radius 2 is 1.25 bits per heavy atom. The van der Waals surface area contributed by atoms with Gasteiger partial charge >= 0.3 is 0 Å². The van der Waals surface area contributed by atoms with E-state index in [-0.39, 0.29) is 0 Å². The van der Waals surface area contributed by atoms with Gasteiger partial charge in [0.15, 0.2) is 0 Å². The van der Waals surface area contributed by atoms with E-state index in [1.165, 1.54) is 25.9 Å². The average Bonchev–Trinajstić information content (AvgIpc) is 2.16. The topological polar surface area (TPSA) is 3.24 Å². The summed E-state index contributed by atoms with van der Waals surface area (Å²) in [5.41, 5.74) is 0. The Morgan fingerprint density at radius 3 is 1.58 bits per heavy atom. The molecule has 1 fully saturated rings. The second-order valence-electron chi connectivity index (χ2n) is 4.01. The van der Waals surface area contributed by atoms with Crippen LogP contribution in [-0.2, 0) is 0 Å². The number of hydrogen-bond donors (Lipinski definition) is 0. The van der Waals surface area contributed by atoms with Gasteiger partial charge in [-0.2, -0.15) is 0 Å². The highest BCUT2D eigenvalue weighted by atomic mass is 15.1. The maximum Gasteiger partial charge on any atom is 0.000408 e. The Bertz CT molecular complexity index is 89.2. The second-order valence-corrected chi connectivity index (χ2v) is 4.01. The zero-order valence-electron chi connectivity index (χ0n) is 9.43. The summed E-state index contributed by atoms with van der Waals surface area (Å²) in [6.45, 7) is 11.3. The average molecular weight is 171 g/mol. The summed E-state index contributed by atoms with van der Waals surface area (Å²) in [6.07, 6.45) is 2.84. The predicted molar refractivity (Wildman–Crippen MR) is 56.4 cm³/mol. The molecule has 1 aliphatic rings. The van der Waals surface area contributed by atoms with Crippen molar-refractivity contribution in [1.82, 2.24) is 4.90 Å². The third-order valence-corrected chi connectivity index (χ3v) is 2.40. The summed E-state index contributed by atoms with van der Waals surface area (Å²) >= 11 is 0. The third-order valence-electron chi connectivity index (χ3n) is 2.40. The summed E-state index contributed by atoms with van der Waals surface area (Å²) in [7, 11) is 2.23. The van der Waals surface area contributed by atoms with E-state index in [1.807, 2.05) is 13.8 Å². The van der Waals surface area contributed by atoms with Gasteiger partial charge in [0.1, 0.15) is 0 Å². The minimum absolute atomic E-state index is 0.912. The van der Waals surface area contributed by atoms with Crippen LogP contribution in [-0.4, -0.2) is 25.0 Å². The molecule has 1 heteroatoms. The van der Waals surface area contributed by atoms with Crippen molar-refractivity contribution in [2.45, 2.75) is 40.5 Å². The van der Waals surface area contributed by atoms with Crippen LogP contribution in [0.25, 0.3) is 0 Å². The Kier molecular flexibility index (Phi) is 6.45. The number of rotatable bonds is 0. The van der Waals surface area contributed by atoms with E-state index < -0.39 is 0 Å². The fraction of sp³-hybridized carbons (Fsp3) is 1.00. The van der Waals surface area contributed by atoms with E-state index in [0.717, 1.165) is 11.8 Å². The van der Waals surface area contributed by atoms with E-state index >= 15 is 0 Å². The van der Waals surface area contributed by atoms with E-state index in [4.69, 9.17) is 0 Å². The zero-order valence-corrected chi connectivity index (χ0v) is 9.43. The molecule has 0 N–H and O–H groups in total. The molecule has 0 aromatic heterocycles. The van der Waals surface area contributed by atoms with E-state index in [9.17, 15) is 0 Å². The molecular formula is C11H25N. The smallest absolute Gasteiger partial charge is 0.000408 e. The highest BCUT2D eigenvalue weighted by Crippen LogP contribution is 2.18. The summed E-state index contributed by atoms with van der Waals surface area (Å²) in [5, 5.41) is 0. The van der Waals surface area contributed by atoms with Crippen LogP contribution in [0.2, 0.25) is 0 Å². The minimum atomic E-state index is 0.912. The molecule has 12 heavy (non-hydrogen) atoms. The van der Waals surface area contributed by atoms with Gasteiger partial charge in [-0.25, -0.2) is 0 Å². The SMILES string of the molecule is CC.C[C@@H]1CC[C@H](C)CN(C)C1. The molecule has 0 bridgehead atoms. The van der Waals surface area contributed by atoms with E-state index in [1.54, 1.807) is 0 Å². The van der Waals surface area contributed by atoms with Gasteiger partial charge in [0.25, 0.3) is 0 Å². The van der Waals surface area contributed by atoms with Crippen LogP contribution in [0, 0.1) is 11.8 Å². The largest absolute Gasteiger partial charge is 0.306 e. The third kappa shape index (κ3) is 4.76. The first-order chi connectivity index (χ1) is 5.68. The number of likely N-dealkylation sites (tertiary alicyclic amines) is 1. The van der Waals surface area contributed by atoms with Gasteiger partial charge < -0.3 is 4.90 Å². The van der Waals surface area contributed by atoms with Crippen molar-refractivity contribution in [1.29, 1.82) is 0 Å². The van der Waals surface area contributed by atoms with Gasteiger partial charge in [-0.15, -0.1) is 0 Å². The van der Waals surface area contributed by atoms with Crippen molar-refractivity contribution in [2.24, 2.45) is 11.8 Å². The molecule has 0 unspecified atom stereocenters. The van der Waals surface area contributed by atoms with Crippen molar-refractivity contribution in [3.05, 3.63) is 0 Å². The van der Waals surface area contributed by atoms with Crippen molar-refractivity contribution >= 4 is 0 Å². The molecule has 74 valence electrons. The molecule has 0 saturated carbocycles. The van der Waals surface area contributed by atoms with Crippen molar-refractivity contribution in [2.75, 3.05) is 20.1 Å². The lowest BCUT2D eigenvalue weighted by atomic mass is 10.0. The lowest BCUT2D eigenvalue weighted by molar-refractivity contribution is 0.288. The van der Waals surface area contributed by atoms with Gasteiger partial charge in [0, 0.05) is 13.1 Å². The highest BCUT2D eigenvalue weighted by Gasteiger charge is 2.15. The highest BCUT2D eigenvalue weighted by molar-refractivity contribution is 4.69. The Hall–Kier alpha value is -0.0400. The second kappa shape index (κ2) is 6.47. The maximum atomic E-state index is 2.46. The van der Waals surface area contributed by atoms with Gasteiger partial charge in [0.2, 0.25) is 0 Å². The molecule has 1 nitrogen and oxygen atoms in total. The summed E-state index contributed by atoms with van der Waals surface area (Å²) in [6, 6.07) is 0. The van der Waals surface area contributed by atoms with Crippen molar-refractivity contribution in [3.63, 3.8) is 0 Å². The first-order valence-corrected chi connectivity index (χ1v) is 5.37. The Labute approximate surface area is 78.1 Å². The van der Waals surface area contributed by atoms with Crippen LogP contribution >= 0.6 is 0 Å². The fourth-order valence-electron chi connectivity index (χ4n) is 1.89. The van der Waals surface area contributed by atoms with Crippen LogP contribution in [0.1, 0.15) is 40.5 Å². The molecule has 1 rings (SSSR count). The number of nitrogens with zero attached hydrogens (tertiary/aromatic N) is 1. The van der Waals surface area contributed by atoms with Crippen LogP contribution < -0.4 is 0 Å². The maximum absolute atomic E-state index is 2.46. The molecular weight excluding hydrogens is 146 g/mol. The van der Waals surface area contributed by atoms with Crippen LogP contribution in [0.4, 0.5) is 0 Å². The number of hydrogen-bond acceptors (Lipinski definition) is 1. The predicted octanol–water partition coefficient (Wildman–Crippen LogP) is 3.01. The van der Waals surface area contributed by atoms with Crippen LogP contribution in [0.5, 0.6) is 0 Å². The monoisotopic (exact) mass is 171 g/mol. The summed E-state index contributed by atoms with van der Waals surface area (Å²) in [4.78, 5) is 2.46. The first-order valence-electron chi connectivity index (χ1n) is 5.37. The van der Waals surface area contributed by atoms with Crippen LogP contribution in [0.3, 0.4) is 0 Å². The Morgan fingerprint density at radius 1 is 0.917 bits per heavy atom. The summed E-state index contributed by atoms with van der Waals surface area (Å²) < 4.78 is 0. The van der Waals surface area contributed by atoms with Gasteiger partial charge in [-0.3, -0.25) is 0 Å². The molecule has 1 aliphatic heterocycles. The molecule has 0 aromatic carbocycles. The molecule has 0 aliphatic carbocycles. The van der Waals surface area contributed by atoms with Crippen LogP contribution in [0.15, 0.2) is 0 Å². The standard InChI is InChI=1S/C9H19N.C2H6/c1-8-4-5-9(2)7-10(3)6-8;1-2/h8-9H,4-7H2,1-3H3;1-2H3/t8-,9+;. The van der Waals surface area contributed by atoms with E-state index in [0.29, 0.717) is 0 Å². The molecule has 0 radical (unpaired) electrons. The molecule has 0 aromatic rings. The minimum Gasteiger partial charge on any atom is -0.306 e. The fourth-order valence-corrected chi connectivity index (χ4v) is 1.89. The van der Waals surface area contributed by atoms with Gasteiger partial charge in [-0.1, -0.05) is 27.7 Å². The molecule has 1 heterocycles. The lowest BCUT2D eigenvalue weighted by Crippen LogP contribution is -2.25. The van der Waals surface area contributed by atoms with E-state index in [2.05, 4.69) is 25.8 Å². The molecule has 0 amide bonds. The lowest BCUT2D eigenvalue weighted by Gasteiger charge is -2.17. The Balaban J connectivity index is 0.000000561. The molecule has 1 saturated heterocycles. The van der Waals surface area contributed by atoms with Gasteiger partial charge in [0.05, 0.1) is 0 Å². The van der Waals surface area contributed by atoms with Gasteiger partial charge in [-0.05, 0) is 31.7 Å². The molecule has 0 spiro atoms. The normalized spacial score (nSPS) is 31.8. The van der Waals surface area contributed by atoms with Crippen molar-refractivity contribution in [3.8, 4) is 0 Å². The zero-order chi connectivity index (χ0) is 9.56. The van der Waals surface area contributed by atoms with Crippen molar-refractivity contribution < 1.29 is 0 Å². The quantitative estimate of drug-likeness (QED) is 0.541. The first kappa shape index (κ1) is 12.0. The summed E-state index contributed by atoms with van der Waals surface area (Å²) in [5.74, 6) is 1.82.